The lowest BCUT2D eigenvalue weighted by molar-refractivity contribution is -0.389. The van der Waals surface area contributed by atoms with Crippen molar-refractivity contribution in [2.24, 2.45) is 0 Å². The summed E-state index contributed by atoms with van der Waals surface area (Å²) in [4.78, 5) is 9.87. The van der Waals surface area contributed by atoms with E-state index in [-0.39, 0.29) is 17.4 Å². The van der Waals surface area contributed by atoms with Crippen molar-refractivity contribution >= 4 is 17.4 Å². The highest BCUT2D eigenvalue weighted by atomic mass is 35.5. The van der Waals surface area contributed by atoms with E-state index in [1.807, 2.05) is 0 Å². The predicted octanol–water partition coefficient (Wildman–Crippen LogP) is 1.79. The summed E-state index contributed by atoms with van der Waals surface area (Å²) in [6.45, 7) is 2.04. The molecule has 0 aromatic carbocycles. The SMILES string of the molecule is Cc1cc(Cn2cc(Cl)c([N+](=O)[O-])n2)no1. The van der Waals surface area contributed by atoms with Crippen LogP contribution in [0.4, 0.5) is 5.82 Å². The molecule has 0 unspecified atom stereocenters. The van der Waals surface area contributed by atoms with Gasteiger partial charge in [0, 0.05) is 6.07 Å². The van der Waals surface area contributed by atoms with Gasteiger partial charge in [0.25, 0.3) is 0 Å². The highest BCUT2D eigenvalue weighted by Gasteiger charge is 2.19. The Bertz CT molecular complexity index is 533. The number of hydrogen-bond donors (Lipinski definition) is 0. The van der Waals surface area contributed by atoms with Crippen molar-refractivity contribution < 1.29 is 9.45 Å². The maximum absolute atomic E-state index is 10.5. The minimum atomic E-state index is -0.632. The summed E-state index contributed by atoms with van der Waals surface area (Å²) >= 11 is 5.64. The lowest BCUT2D eigenvalue weighted by Gasteiger charge is -1.89. The molecule has 0 N–H and O–H groups in total. The Morgan fingerprint density at radius 2 is 2.44 bits per heavy atom. The Morgan fingerprint density at radius 1 is 1.69 bits per heavy atom. The molecule has 2 rings (SSSR count). The Labute approximate surface area is 94.7 Å². The van der Waals surface area contributed by atoms with Gasteiger partial charge in [0.15, 0.2) is 5.02 Å². The number of hydrogen-bond acceptors (Lipinski definition) is 5. The van der Waals surface area contributed by atoms with E-state index < -0.39 is 4.92 Å². The first kappa shape index (κ1) is 10.6. The second-order valence-corrected chi connectivity index (χ2v) is 3.59. The molecule has 0 aliphatic rings. The summed E-state index contributed by atoms with van der Waals surface area (Å²) in [6.07, 6.45) is 1.38. The topological polar surface area (TPSA) is 87.0 Å². The zero-order valence-corrected chi connectivity index (χ0v) is 9.01. The molecule has 0 atom stereocenters. The van der Waals surface area contributed by atoms with Crippen molar-refractivity contribution in [1.82, 2.24) is 14.9 Å². The van der Waals surface area contributed by atoms with Gasteiger partial charge in [0.1, 0.15) is 18.0 Å². The molecule has 7 nitrogen and oxygen atoms in total. The van der Waals surface area contributed by atoms with Crippen molar-refractivity contribution in [1.29, 1.82) is 0 Å². The van der Waals surface area contributed by atoms with Crippen molar-refractivity contribution in [3.8, 4) is 0 Å². The van der Waals surface area contributed by atoms with Crippen LogP contribution in [0.3, 0.4) is 0 Å². The van der Waals surface area contributed by atoms with Crippen LogP contribution in [0.5, 0.6) is 0 Å². The fourth-order valence-corrected chi connectivity index (χ4v) is 1.47. The largest absolute Gasteiger partial charge is 0.408 e. The van der Waals surface area contributed by atoms with Crippen LogP contribution < -0.4 is 0 Å². The van der Waals surface area contributed by atoms with Gasteiger partial charge < -0.3 is 14.6 Å². The maximum Gasteiger partial charge on any atom is 0.408 e. The van der Waals surface area contributed by atoms with Gasteiger partial charge in [-0.2, -0.15) is 4.68 Å². The van der Waals surface area contributed by atoms with Gasteiger partial charge in [-0.1, -0.05) is 16.8 Å². The van der Waals surface area contributed by atoms with Gasteiger partial charge in [-0.15, -0.1) is 0 Å². The molecular formula is C8H7ClN4O3. The third kappa shape index (κ3) is 2.03. The van der Waals surface area contributed by atoms with Gasteiger partial charge in [0.2, 0.25) is 0 Å². The van der Waals surface area contributed by atoms with Crippen LogP contribution in [-0.4, -0.2) is 19.9 Å². The highest BCUT2D eigenvalue weighted by molar-refractivity contribution is 6.32. The van der Waals surface area contributed by atoms with Gasteiger partial charge in [0.05, 0.1) is 11.3 Å². The zero-order valence-electron chi connectivity index (χ0n) is 8.25. The van der Waals surface area contributed by atoms with Crippen LogP contribution in [0.2, 0.25) is 5.02 Å². The van der Waals surface area contributed by atoms with Crippen molar-refractivity contribution in [2.45, 2.75) is 13.5 Å². The lowest BCUT2D eigenvalue weighted by atomic mass is 10.4. The summed E-state index contributed by atoms with van der Waals surface area (Å²) in [5.41, 5.74) is 0.631. The van der Waals surface area contributed by atoms with E-state index >= 15 is 0 Å². The maximum atomic E-state index is 10.5. The number of nitro groups is 1. The Kier molecular flexibility index (Phi) is 2.61. The number of rotatable bonds is 3. The molecule has 0 amide bonds. The molecule has 16 heavy (non-hydrogen) atoms. The van der Waals surface area contributed by atoms with Crippen LogP contribution >= 0.6 is 11.6 Å². The van der Waals surface area contributed by atoms with E-state index in [2.05, 4.69) is 10.3 Å². The molecule has 0 saturated carbocycles. The average Bonchev–Trinajstić information content (AvgIpc) is 2.73. The molecule has 0 bridgehead atoms. The van der Waals surface area contributed by atoms with E-state index in [4.69, 9.17) is 16.1 Å². The van der Waals surface area contributed by atoms with Crippen LogP contribution in [0, 0.1) is 17.0 Å². The summed E-state index contributed by atoms with van der Waals surface area (Å²) in [5.74, 6) is 0.310. The van der Waals surface area contributed by atoms with Gasteiger partial charge in [-0.3, -0.25) is 0 Å². The summed E-state index contributed by atoms with van der Waals surface area (Å²) in [7, 11) is 0. The summed E-state index contributed by atoms with van der Waals surface area (Å²) < 4.78 is 6.21. The summed E-state index contributed by atoms with van der Waals surface area (Å²) in [5, 5.41) is 18.0. The molecule has 0 aliphatic carbocycles. The van der Waals surface area contributed by atoms with Crippen molar-refractivity contribution in [3.63, 3.8) is 0 Å². The molecule has 0 aliphatic heterocycles. The molecular weight excluding hydrogens is 236 g/mol. The first-order valence-electron chi connectivity index (χ1n) is 4.36. The Hall–Kier alpha value is -1.89. The second kappa shape index (κ2) is 3.93. The van der Waals surface area contributed by atoms with Crippen molar-refractivity contribution in [2.75, 3.05) is 0 Å². The molecule has 2 aromatic rings. The molecule has 0 spiro atoms. The molecule has 2 heterocycles. The van der Waals surface area contributed by atoms with E-state index in [1.54, 1.807) is 13.0 Å². The number of aromatic nitrogens is 3. The van der Waals surface area contributed by atoms with E-state index in [1.165, 1.54) is 10.9 Å². The van der Waals surface area contributed by atoms with Crippen LogP contribution in [0.15, 0.2) is 16.8 Å². The van der Waals surface area contributed by atoms with Gasteiger partial charge >= 0.3 is 5.82 Å². The van der Waals surface area contributed by atoms with E-state index in [9.17, 15) is 10.1 Å². The number of aryl methyl sites for hydroxylation is 1. The zero-order chi connectivity index (χ0) is 11.7. The third-order valence-electron chi connectivity index (χ3n) is 1.87. The monoisotopic (exact) mass is 242 g/mol. The second-order valence-electron chi connectivity index (χ2n) is 3.18. The molecule has 8 heteroatoms. The minimum absolute atomic E-state index is 0.00483. The van der Waals surface area contributed by atoms with Crippen molar-refractivity contribution in [3.05, 3.63) is 38.9 Å². The van der Waals surface area contributed by atoms with E-state index in [0.717, 1.165) is 0 Å². The van der Waals surface area contributed by atoms with Gasteiger partial charge in [-0.25, -0.2) is 0 Å². The van der Waals surface area contributed by atoms with E-state index in [0.29, 0.717) is 11.5 Å². The third-order valence-corrected chi connectivity index (χ3v) is 2.14. The smallest absolute Gasteiger partial charge is 0.361 e. The average molecular weight is 243 g/mol. The lowest BCUT2D eigenvalue weighted by Crippen LogP contribution is -2.01. The van der Waals surface area contributed by atoms with Crippen LogP contribution in [-0.2, 0) is 6.54 Å². The minimum Gasteiger partial charge on any atom is -0.361 e. The highest BCUT2D eigenvalue weighted by Crippen LogP contribution is 2.21. The first-order valence-corrected chi connectivity index (χ1v) is 4.73. The Balaban J connectivity index is 2.22. The quantitative estimate of drug-likeness (QED) is 0.605. The summed E-state index contributed by atoms with van der Waals surface area (Å²) in [6, 6.07) is 1.72. The fraction of sp³-hybridized carbons (Fsp3) is 0.250. The first-order chi connectivity index (χ1) is 7.56. The number of nitrogens with zero attached hydrogens (tertiary/aromatic N) is 4. The van der Waals surface area contributed by atoms with Crippen LogP contribution in [0.1, 0.15) is 11.5 Å². The normalized spacial score (nSPS) is 10.6. The Morgan fingerprint density at radius 3 is 2.94 bits per heavy atom. The fourth-order valence-electron chi connectivity index (χ4n) is 1.25. The van der Waals surface area contributed by atoms with Gasteiger partial charge in [-0.05, 0) is 11.8 Å². The molecule has 0 saturated heterocycles. The number of halogens is 1. The molecule has 84 valence electrons. The van der Waals surface area contributed by atoms with Crippen LogP contribution in [0.25, 0.3) is 0 Å². The molecule has 0 radical (unpaired) electrons. The molecule has 0 fully saturated rings. The standard InChI is InChI=1S/C8H7ClN4O3/c1-5-2-6(11-16-5)3-12-4-7(9)8(10-12)13(14)15/h2,4H,3H2,1H3. The predicted molar refractivity (Wildman–Crippen MR) is 54.2 cm³/mol. The molecule has 2 aromatic heterocycles.